The quantitative estimate of drug-likeness (QED) is 0.789. The highest BCUT2D eigenvalue weighted by Crippen LogP contribution is 2.20. The van der Waals surface area contributed by atoms with Gasteiger partial charge in [0.25, 0.3) is 0 Å². The molecule has 96 valence electrons. The summed E-state index contributed by atoms with van der Waals surface area (Å²) in [4.78, 5) is 15.6. The Labute approximate surface area is 106 Å². The topological polar surface area (TPSA) is 70.1 Å². The van der Waals surface area contributed by atoms with E-state index in [9.17, 15) is 4.79 Å². The number of imidazole rings is 1. The first-order valence-corrected chi connectivity index (χ1v) is 6.99. The Kier molecular flexibility index (Phi) is 5.34. The third-order valence-electron chi connectivity index (χ3n) is 2.52. The zero-order valence-corrected chi connectivity index (χ0v) is 11.3. The van der Waals surface area contributed by atoms with Crippen LogP contribution in [0, 0.1) is 0 Å². The van der Waals surface area contributed by atoms with Crippen molar-refractivity contribution >= 4 is 23.5 Å². The van der Waals surface area contributed by atoms with E-state index in [0.717, 1.165) is 12.2 Å². The van der Waals surface area contributed by atoms with Gasteiger partial charge >= 0.3 is 5.97 Å². The molecule has 1 aromatic heterocycles. The maximum absolute atomic E-state index is 11.5. The molecule has 0 spiro atoms. The molecule has 0 aliphatic rings. The molecule has 5 nitrogen and oxygen atoms in total. The monoisotopic (exact) mass is 257 g/mol. The molecule has 0 aromatic carbocycles. The van der Waals surface area contributed by atoms with Gasteiger partial charge in [-0.05, 0) is 32.3 Å². The molecule has 6 heteroatoms. The number of ether oxygens (including phenoxy) is 1. The number of nitrogens with zero attached hydrogens (tertiary/aromatic N) is 2. The van der Waals surface area contributed by atoms with Gasteiger partial charge in [0.1, 0.15) is 5.82 Å². The molecule has 0 saturated carbocycles. The number of rotatable bonds is 6. The van der Waals surface area contributed by atoms with Crippen molar-refractivity contribution in [3.63, 3.8) is 0 Å². The fourth-order valence-electron chi connectivity index (χ4n) is 1.51. The lowest BCUT2D eigenvalue weighted by molar-refractivity contribution is 0.0521. The molecular formula is C11H19N3O2S. The van der Waals surface area contributed by atoms with E-state index in [0.29, 0.717) is 12.4 Å². The van der Waals surface area contributed by atoms with Crippen LogP contribution in [0.4, 0.5) is 5.82 Å². The zero-order valence-electron chi connectivity index (χ0n) is 10.5. The maximum atomic E-state index is 11.5. The summed E-state index contributed by atoms with van der Waals surface area (Å²) in [5, 5.41) is 0. The van der Waals surface area contributed by atoms with Gasteiger partial charge in [-0.3, -0.25) is 0 Å². The van der Waals surface area contributed by atoms with Gasteiger partial charge in [-0.2, -0.15) is 11.8 Å². The molecule has 0 aliphatic heterocycles. The van der Waals surface area contributed by atoms with Crippen LogP contribution in [-0.2, 0) is 4.74 Å². The number of carbonyl (C=O) groups is 1. The maximum Gasteiger partial charge on any atom is 0.360 e. The van der Waals surface area contributed by atoms with Gasteiger partial charge in [0.05, 0.1) is 12.9 Å². The van der Waals surface area contributed by atoms with E-state index in [1.807, 2.05) is 4.57 Å². The van der Waals surface area contributed by atoms with Gasteiger partial charge in [-0.15, -0.1) is 0 Å². The van der Waals surface area contributed by atoms with Gasteiger partial charge in [0.15, 0.2) is 5.69 Å². The smallest absolute Gasteiger partial charge is 0.360 e. The highest BCUT2D eigenvalue weighted by molar-refractivity contribution is 7.98. The number of carbonyl (C=O) groups excluding carboxylic acids is 1. The molecule has 0 saturated heterocycles. The zero-order chi connectivity index (χ0) is 12.8. The third-order valence-corrected chi connectivity index (χ3v) is 3.16. The molecule has 0 aliphatic carbocycles. The Morgan fingerprint density at radius 3 is 3.00 bits per heavy atom. The van der Waals surface area contributed by atoms with Crippen LogP contribution in [0.5, 0.6) is 0 Å². The highest BCUT2D eigenvalue weighted by atomic mass is 32.2. The van der Waals surface area contributed by atoms with Crippen LogP contribution in [0.2, 0.25) is 0 Å². The average molecular weight is 257 g/mol. The Morgan fingerprint density at radius 1 is 1.71 bits per heavy atom. The third kappa shape index (κ3) is 3.39. The van der Waals surface area contributed by atoms with Crippen molar-refractivity contribution in [3.8, 4) is 0 Å². The Morgan fingerprint density at radius 2 is 2.41 bits per heavy atom. The summed E-state index contributed by atoms with van der Waals surface area (Å²) in [7, 11) is 0. The van der Waals surface area contributed by atoms with E-state index in [1.54, 1.807) is 25.0 Å². The van der Waals surface area contributed by atoms with Gasteiger partial charge in [0, 0.05) is 6.04 Å². The standard InChI is InChI=1S/C11H19N3O2S/c1-4-16-11(15)9-10(12)14(7-13-9)8(2)5-6-17-3/h7-8H,4-6,12H2,1-3H3. The number of nitrogen functional groups attached to an aromatic ring is 1. The first-order chi connectivity index (χ1) is 8.11. The van der Waals surface area contributed by atoms with Gasteiger partial charge < -0.3 is 15.0 Å². The second kappa shape index (κ2) is 6.54. The Bertz CT molecular complexity index is 379. The lowest BCUT2D eigenvalue weighted by Crippen LogP contribution is -2.12. The number of aromatic nitrogens is 2. The minimum absolute atomic E-state index is 0.211. The van der Waals surface area contributed by atoms with Crippen LogP contribution < -0.4 is 5.73 Å². The van der Waals surface area contributed by atoms with Crippen molar-refractivity contribution in [3.05, 3.63) is 12.0 Å². The fraction of sp³-hybridized carbons (Fsp3) is 0.636. The lowest BCUT2D eigenvalue weighted by Gasteiger charge is -2.14. The lowest BCUT2D eigenvalue weighted by atomic mass is 10.2. The second-order valence-electron chi connectivity index (χ2n) is 3.74. The molecule has 0 fully saturated rings. The molecule has 17 heavy (non-hydrogen) atoms. The number of hydrogen-bond acceptors (Lipinski definition) is 5. The summed E-state index contributed by atoms with van der Waals surface area (Å²) < 4.78 is 6.71. The Hall–Kier alpha value is -1.17. The first-order valence-electron chi connectivity index (χ1n) is 5.60. The van der Waals surface area contributed by atoms with Crippen molar-refractivity contribution in [1.29, 1.82) is 0 Å². The number of thioether (sulfide) groups is 1. The summed E-state index contributed by atoms with van der Waals surface area (Å²) >= 11 is 1.79. The number of esters is 1. The molecule has 1 rings (SSSR count). The number of nitrogens with two attached hydrogens (primary N) is 1. The molecule has 1 atom stereocenters. The predicted molar refractivity (Wildman–Crippen MR) is 70.3 cm³/mol. The summed E-state index contributed by atoms with van der Waals surface area (Å²) in [6.07, 6.45) is 4.66. The van der Waals surface area contributed by atoms with Crippen molar-refractivity contribution in [2.24, 2.45) is 0 Å². The van der Waals surface area contributed by atoms with E-state index < -0.39 is 5.97 Å². The van der Waals surface area contributed by atoms with Gasteiger partial charge in [0.2, 0.25) is 0 Å². The van der Waals surface area contributed by atoms with E-state index in [2.05, 4.69) is 18.2 Å². The average Bonchev–Trinajstić information content (AvgIpc) is 2.68. The molecule has 0 amide bonds. The molecule has 0 radical (unpaired) electrons. The summed E-state index contributed by atoms with van der Waals surface area (Å²) in [6, 6.07) is 0.234. The normalized spacial score (nSPS) is 12.4. The van der Waals surface area contributed by atoms with Crippen LogP contribution in [0.25, 0.3) is 0 Å². The first kappa shape index (κ1) is 13.9. The van der Waals surface area contributed by atoms with Crippen molar-refractivity contribution in [2.75, 3.05) is 24.3 Å². The minimum atomic E-state index is -0.458. The molecule has 0 bridgehead atoms. The fourth-order valence-corrected chi connectivity index (χ4v) is 2.08. The van der Waals surface area contributed by atoms with Crippen LogP contribution in [0.15, 0.2) is 6.33 Å². The SMILES string of the molecule is CCOC(=O)c1ncn(C(C)CCSC)c1N. The summed E-state index contributed by atoms with van der Waals surface area (Å²) in [6.45, 7) is 4.14. The van der Waals surface area contributed by atoms with Crippen LogP contribution in [-0.4, -0.2) is 34.1 Å². The van der Waals surface area contributed by atoms with Crippen LogP contribution in [0.1, 0.15) is 36.8 Å². The second-order valence-corrected chi connectivity index (χ2v) is 4.72. The molecule has 1 heterocycles. The summed E-state index contributed by atoms with van der Waals surface area (Å²) in [5.74, 6) is 0.978. The van der Waals surface area contributed by atoms with Crippen molar-refractivity contribution in [2.45, 2.75) is 26.3 Å². The van der Waals surface area contributed by atoms with Crippen LogP contribution >= 0.6 is 11.8 Å². The van der Waals surface area contributed by atoms with E-state index in [1.165, 1.54) is 0 Å². The molecule has 2 N–H and O–H groups in total. The van der Waals surface area contributed by atoms with Gasteiger partial charge in [-0.25, -0.2) is 9.78 Å². The predicted octanol–water partition coefficient (Wildman–Crippen LogP) is 1.96. The minimum Gasteiger partial charge on any atom is -0.461 e. The number of hydrogen-bond donors (Lipinski definition) is 1. The molecular weight excluding hydrogens is 238 g/mol. The summed E-state index contributed by atoms with van der Waals surface area (Å²) in [5.41, 5.74) is 6.11. The molecule has 1 aromatic rings. The van der Waals surface area contributed by atoms with Crippen molar-refractivity contribution < 1.29 is 9.53 Å². The highest BCUT2D eigenvalue weighted by Gasteiger charge is 2.18. The number of anilines is 1. The van der Waals surface area contributed by atoms with E-state index in [4.69, 9.17) is 10.5 Å². The van der Waals surface area contributed by atoms with Crippen LogP contribution in [0.3, 0.4) is 0 Å². The van der Waals surface area contributed by atoms with E-state index in [-0.39, 0.29) is 11.7 Å². The van der Waals surface area contributed by atoms with E-state index >= 15 is 0 Å². The van der Waals surface area contributed by atoms with Crippen molar-refractivity contribution in [1.82, 2.24) is 9.55 Å². The Balaban J connectivity index is 2.79. The molecule has 1 unspecified atom stereocenters. The largest absolute Gasteiger partial charge is 0.461 e. The van der Waals surface area contributed by atoms with Gasteiger partial charge in [-0.1, -0.05) is 0 Å².